The first-order valence-corrected chi connectivity index (χ1v) is 8.81. The number of fused-ring (bicyclic) bond motifs is 1. The van der Waals surface area contributed by atoms with E-state index in [2.05, 4.69) is 29.4 Å². The van der Waals surface area contributed by atoms with Crippen molar-refractivity contribution in [3.63, 3.8) is 0 Å². The predicted octanol–water partition coefficient (Wildman–Crippen LogP) is 2.67. The third-order valence-corrected chi connectivity index (χ3v) is 5.02. The van der Waals surface area contributed by atoms with E-state index in [4.69, 9.17) is 4.74 Å². The maximum atomic E-state index is 12.5. The molecule has 0 radical (unpaired) electrons. The topological polar surface area (TPSA) is 74.4 Å². The van der Waals surface area contributed by atoms with Gasteiger partial charge in [0.25, 0.3) is 5.91 Å². The zero-order chi connectivity index (χ0) is 18.1. The minimum Gasteiger partial charge on any atom is -0.380 e. The minimum absolute atomic E-state index is 0.132. The van der Waals surface area contributed by atoms with E-state index in [0.717, 1.165) is 17.5 Å². The van der Waals surface area contributed by atoms with Gasteiger partial charge in [-0.05, 0) is 48.2 Å². The summed E-state index contributed by atoms with van der Waals surface area (Å²) in [6, 6.07) is 13.3. The third kappa shape index (κ3) is 3.00. The Kier molecular flexibility index (Phi) is 4.26. The van der Waals surface area contributed by atoms with Crippen LogP contribution >= 0.6 is 0 Å². The number of aromatic nitrogens is 1. The average Bonchev–Trinajstić information content (AvgIpc) is 3.04. The van der Waals surface area contributed by atoms with Crippen LogP contribution in [0.25, 0.3) is 10.9 Å². The van der Waals surface area contributed by atoms with Gasteiger partial charge in [-0.25, -0.2) is 0 Å². The molecule has 1 fully saturated rings. The minimum atomic E-state index is -0.960. The summed E-state index contributed by atoms with van der Waals surface area (Å²) in [6.45, 7) is 3.20. The quantitative estimate of drug-likeness (QED) is 0.662. The molecule has 0 bridgehead atoms. The van der Waals surface area contributed by atoms with Gasteiger partial charge in [0.1, 0.15) is 5.60 Å². The molecule has 3 aromatic rings. The molecule has 26 heavy (non-hydrogen) atoms. The summed E-state index contributed by atoms with van der Waals surface area (Å²) in [5, 5.41) is 14.6. The fourth-order valence-electron chi connectivity index (χ4n) is 3.47. The van der Waals surface area contributed by atoms with Gasteiger partial charge in [-0.15, -0.1) is 0 Å². The maximum Gasteiger partial charge on any atom is 0.251 e. The SMILES string of the molecule is Cc1cccc2[nH]cc(CCNC(=O)c3cccc(C4(O)COC4)c3)c12. The highest BCUT2D eigenvalue weighted by Gasteiger charge is 2.38. The summed E-state index contributed by atoms with van der Waals surface area (Å²) in [5.74, 6) is -0.132. The second-order valence-electron chi connectivity index (χ2n) is 6.92. The molecule has 1 saturated heterocycles. The Morgan fingerprint density at radius 3 is 2.85 bits per heavy atom. The number of carbonyl (C=O) groups is 1. The van der Waals surface area contributed by atoms with Gasteiger partial charge in [0.15, 0.2) is 0 Å². The molecule has 3 N–H and O–H groups in total. The Morgan fingerprint density at radius 1 is 1.27 bits per heavy atom. The van der Waals surface area contributed by atoms with Gasteiger partial charge in [0, 0.05) is 29.2 Å². The first kappa shape index (κ1) is 16.8. The van der Waals surface area contributed by atoms with E-state index in [9.17, 15) is 9.90 Å². The molecule has 2 aromatic carbocycles. The number of hydrogen-bond acceptors (Lipinski definition) is 3. The fraction of sp³-hybridized carbons (Fsp3) is 0.286. The van der Waals surface area contributed by atoms with Crippen molar-refractivity contribution in [1.29, 1.82) is 0 Å². The van der Waals surface area contributed by atoms with Gasteiger partial charge in [0.05, 0.1) is 13.2 Å². The number of hydrogen-bond donors (Lipinski definition) is 3. The molecule has 5 heteroatoms. The summed E-state index contributed by atoms with van der Waals surface area (Å²) in [7, 11) is 0. The van der Waals surface area contributed by atoms with Crippen LogP contribution in [0.15, 0.2) is 48.7 Å². The molecule has 0 saturated carbocycles. The zero-order valence-corrected chi connectivity index (χ0v) is 14.7. The second-order valence-corrected chi connectivity index (χ2v) is 6.92. The van der Waals surface area contributed by atoms with E-state index in [0.29, 0.717) is 12.1 Å². The smallest absolute Gasteiger partial charge is 0.251 e. The molecule has 0 unspecified atom stereocenters. The number of amides is 1. The molecule has 0 aliphatic carbocycles. The van der Waals surface area contributed by atoms with Crippen molar-refractivity contribution in [3.05, 3.63) is 70.9 Å². The summed E-state index contributed by atoms with van der Waals surface area (Å²) < 4.78 is 5.09. The highest BCUT2D eigenvalue weighted by atomic mass is 16.5. The lowest BCUT2D eigenvalue weighted by Crippen LogP contribution is -2.46. The molecule has 1 aliphatic rings. The van der Waals surface area contributed by atoms with Crippen molar-refractivity contribution < 1.29 is 14.6 Å². The van der Waals surface area contributed by atoms with E-state index in [1.807, 2.05) is 18.3 Å². The van der Waals surface area contributed by atoms with E-state index >= 15 is 0 Å². The van der Waals surface area contributed by atoms with Crippen LogP contribution in [0.4, 0.5) is 0 Å². The van der Waals surface area contributed by atoms with Crippen LogP contribution in [0, 0.1) is 6.92 Å². The number of H-pyrrole nitrogens is 1. The Morgan fingerprint density at radius 2 is 2.08 bits per heavy atom. The van der Waals surface area contributed by atoms with Gasteiger partial charge in [-0.3, -0.25) is 4.79 Å². The Hall–Kier alpha value is -2.63. The molecule has 1 aromatic heterocycles. The van der Waals surface area contributed by atoms with Crippen molar-refractivity contribution in [1.82, 2.24) is 10.3 Å². The van der Waals surface area contributed by atoms with Crippen molar-refractivity contribution in [2.75, 3.05) is 19.8 Å². The summed E-state index contributed by atoms with van der Waals surface area (Å²) >= 11 is 0. The summed E-state index contributed by atoms with van der Waals surface area (Å²) in [6.07, 6.45) is 2.77. The third-order valence-electron chi connectivity index (χ3n) is 5.02. The van der Waals surface area contributed by atoms with Crippen molar-refractivity contribution in [2.45, 2.75) is 18.9 Å². The predicted molar refractivity (Wildman–Crippen MR) is 100 cm³/mol. The zero-order valence-electron chi connectivity index (χ0n) is 14.7. The average molecular weight is 350 g/mol. The van der Waals surface area contributed by atoms with Crippen LogP contribution < -0.4 is 5.32 Å². The molecule has 5 nitrogen and oxygen atoms in total. The molecule has 1 amide bonds. The van der Waals surface area contributed by atoms with Crippen molar-refractivity contribution >= 4 is 16.8 Å². The Balaban J connectivity index is 1.42. The van der Waals surface area contributed by atoms with Crippen LogP contribution in [0.3, 0.4) is 0 Å². The monoisotopic (exact) mass is 350 g/mol. The highest BCUT2D eigenvalue weighted by Crippen LogP contribution is 2.29. The van der Waals surface area contributed by atoms with Crippen LogP contribution in [0.2, 0.25) is 0 Å². The molecule has 0 spiro atoms. The summed E-state index contributed by atoms with van der Waals surface area (Å²) in [4.78, 5) is 15.7. The fourth-order valence-corrected chi connectivity index (χ4v) is 3.47. The number of ether oxygens (including phenoxy) is 1. The van der Waals surface area contributed by atoms with E-state index < -0.39 is 5.60 Å². The van der Waals surface area contributed by atoms with E-state index in [1.165, 1.54) is 16.5 Å². The lowest BCUT2D eigenvalue weighted by molar-refractivity contribution is -0.184. The van der Waals surface area contributed by atoms with Gasteiger partial charge in [-0.2, -0.15) is 0 Å². The van der Waals surface area contributed by atoms with E-state index in [1.54, 1.807) is 18.2 Å². The molecule has 0 atom stereocenters. The van der Waals surface area contributed by atoms with Gasteiger partial charge >= 0.3 is 0 Å². The largest absolute Gasteiger partial charge is 0.380 e. The first-order chi connectivity index (χ1) is 12.6. The maximum absolute atomic E-state index is 12.5. The Bertz CT molecular complexity index is 957. The van der Waals surface area contributed by atoms with Gasteiger partial charge in [-0.1, -0.05) is 24.3 Å². The lowest BCUT2D eigenvalue weighted by Gasteiger charge is -2.36. The van der Waals surface area contributed by atoms with Gasteiger partial charge < -0.3 is 20.1 Å². The second kappa shape index (κ2) is 6.59. The Labute approximate surface area is 152 Å². The normalized spacial score (nSPS) is 15.6. The molecule has 1 aliphatic heterocycles. The van der Waals surface area contributed by atoms with Crippen LogP contribution in [0.1, 0.15) is 27.0 Å². The lowest BCUT2D eigenvalue weighted by atomic mass is 9.91. The standard InChI is InChI=1S/C21H22N2O3/c1-14-4-2-7-18-19(14)16(11-23-18)8-9-22-20(24)15-5-3-6-17(10-15)21(25)12-26-13-21/h2-7,10-11,23,25H,8-9,12-13H2,1H3,(H,22,24). The number of aliphatic hydroxyl groups is 1. The number of rotatable bonds is 5. The highest BCUT2D eigenvalue weighted by molar-refractivity contribution is 5.94. The van der Waals surface area contributed by atoms with Crippen molar-refractivity contribution in [2.24, 2.45) is 0 Å². The van der Waals surface area contributed by atoms with Crippen LogP contribution in [-0.2, 0) is 16.8 Å². The number of aryl methyl sites for hydroxylation is 1. The molecular weight excluding hydrogens is 328 g/mol. The van der Waals surface area contributed by atoms with Gasteiger partial charge in [0.2, 0.25) is 0 Å². The molecule has 134 valence electrons. The number of carbonyl (C=O) groups excluding carboxylic acids is 1. The van der Waals surface area contributed by atoms with E-state index in [-0.39, 0.29) is 19.1 Å². The van der Waals surface area contributed by atoms with Crippen LogP contribution in [-0.4, -0.2) is 35.8 Å². The number of nitrogens with one attached hydrogen (secondary N) is 2. The summed E-state index contributed by atoms with van der Waals surface area (Å²) in [5.41, 5.74) is 3.87. The molecule has 2 heterocycles. The molecule has 4 rings (SSSR count). The number of benzene rings is 2. The van der Waals surface area contributed by atoms with Crippen LogP contribution in [0.5, 0.6) is 0 Å². The number of aromatic amines is 1. The first-order valence-electron chi connectivity index (χ1n) is 8.81. The molecular formula is C21H22N2O3. The van der Waals surface area contributed by atoms with Crippen molar-refractivity contribution in [3.8, 4) is 0 Å².